The Kier molecular flexibility index (Phi) is 18.8. The molecule has 0 saturated carbocycles. The van der Waals surface area contributed by atoms with Crippen LogP contribution >= 0.6 is 0 Å². The van der Waals surface area contributed by atoms with Crippen LogP contribution in [0.5, 0.6) is 0 Å². The Labute approximate surface area is 237 Å². The van der Waals surface area contributed by atoms with Crippen LogP contribution in [0.2, 0.25) is 0 Å². The van der Waals surface area contributed by atoms with Gasteiger partial charge in [0.2, 0.25) is 0 Å². The van der Waals surface area contributed by atoms with E-state index in [1.165, 1.54) is 0 Å². The molecule has 0 aliphatic rings. The van der Waals surface area contributed by atoms with Gasteiger partial charge in [0.25, 0.3) is 0 Å². The lowest BCUT2D eigenvalue weighted by molar-refractivity contribution is -0.0379. The Balaban J connectivity index is 4.14. The molecule has 0 aromatic rings. The second-order valence-corrected chi connectivity index (χ2v) is 13.3. The smallest absolute Gasteiger partial charge is 0.0638 e. The third-order valence-corrected chi connectivity index (χ3v) is 7.67. The van der Waals surface area contributed by atoms with Gasteiger partial charge in [-0.15, -0.1) is 0 Å². The van der Waals surface area contributed by atoms with Gasteiger partial charge >= 0.3 is 0 Å². The number of hydrogen-bond donors (Lipinski definition) is 4. The Hall–Kier alpha value is -0.320. The maximum absolute atomic E-state index is 6.12. The molecule has 0 radical (unpaired) electrons. The first-order chi connectivity index (χ1) is 17.6. The predicted molar refractivity (Wildman–Crippen MR) is 165 cm³/mol. The molecule has 0 aliphatic carbocycles. The Morgan fingerprint density at radius 1 is 0.658 bits per heavy atom. The average molecular weight is 545 g/mol. The summed E-state index contributed by atoms with van der Waals surface area (Å²) in [5.41, 5.74) is 11.7. The number of likely N-dealkylation sites (N-methyl/N-ethyl adjacent to an activating group) is 1. The van der Waals surface area contributed by atoms with Crippen molar-refractivity contribution in [2.75, 3.05) is 78.7 Å². The fourth-order valence-electron chi connectivity index (χ4n) is 4.11. The van der Waals surface area contributed by atoms with Gasteiger partial charge in [0.05, 0.1) is 11.2 Å². The summed E-state index contributed by atoms with van der Waals surface area (Å²) in [6, 6.07) is 0. The molecule has 0 amide bonds. The molecule has 230 valence electrons. The first-order valence-electron chi connectivity index (χ1n) is 15.2. The van der Waals surface area contributed by atoms with Crippen LogP contribution < -0.4 is 22.1 Å². The summed E-state index contributed by atoms with van der Waals surface area (Å²) < 4.78 is 12.2. The molecule has 38 heavy (non-hydrogen) atoms. The van der Waals surface area contributed by atoms with Gasteiger partial charge in [0.15, 0.2) is 0 Å². The Bertz CT molecular complexity index is 578. The van der Waals surface area contributed by atoms with Crippen LogP contribution in [0.25, 0.3) is 0 Å². The van der Waals surface area contributed by atoms with Gasteiger partial charge in [-0.05, 0) is 87.6 Å². The Morgan fingerprint density at radius 3 is 1.74 bits per heavy atom. The van der Waals surface area contributed by atoms with Crippen molar-refractivity contribution in [2.45, 2.75) is 117 Å². The van der Waals surface area contributed by atoms with E-state index in [0.29, 0.717) is 13.2 Å². The average Bonchev–Trinajstić information content (AvgIpc) is 2.80. The molecular formula is C30H68N6O2. The molecule has 0 rings (SSSR count). The standard InChI is InChI=1S/C30H68N6O2/c1-11-29(7,8)37-26-15-28(5,6)36(22-16-31)24-20-34-18-17-33-19-23-35(12-2)21-13-30(9,10)38-25-14-27(3,4)32/h33-34H,11-26,31-32H2,1-10H3. The first kappa shape index (κ1) is 37.7. The highest BCUT2D eigenvalue weighted by molar-refractivity contribution is 4.83. The van der Waals surface area contributed by atoms with Crippen molar-refractivity contribution in [2.24, 2.45) is 11.5 Å². The third-order valence-electron chi connectivity index (χ3n) is 7.67. The molecule has 0 aromatic heterocycles. The van der Waals surface area contributed by atoms with E-state index in [1.54, 1.807) is 0 Å². The summed E-state index contributed by atoms with van der Waals surface area (Å²) in [4.78, 5) is 4.99. The Morgan fingerprint density at radius 2 is 1.21 bits per heavy atom. The number of rotatable bonds is 25. The monoisotopic (exact) mass is 545 g/mol. The van der Waals surface area contributed by atoms with E-state index in [4.69, 9.17) is 20.9 Å². The van der Waals surface area contributed by atoms with E-state index in [-0.39, 0.29) is 22.3 Å². The van der Waals surface area contributed by atoms with Gasteiger partial charge < -0.3 is 36.5 Å². The highest BCUT2D eigenvalue weighted by Gasteiger charge is 2.27. The molecule has 0 saturated heterocycles. The molecular weight excluding hydrogens is 476 g/mol. The van der Waals surface area contributed by atoms with Crippen LogP contribution in [0.1, 0.15) is 94.9 Å². The van der Waals surface area contributed by atoms with Gasteiger partial charge in [-0.3, -0.25) is 4.90 Å². The van der Waals surface area contributed by atoms with Gasteiger partial charge in [-0.2, -0.15) is 0 Å². The van der Waals surface area contributed by atoms with Crippen LogP contribution in [-0.2, 0) is 9.47 Å². The van der Waals surface area contributed by atoms with Crippen molar-refractivity contribution < 1.29 is 9.47 Å². The lowest BCUT2D eigenvalue weighted by Crippen LogP contribution is -2.50. The van der Waals surface area contributed by atoms with Crippen molar-refractivity contribution >= 4 is 0 Å². The van der Waals surface area contributed by atoms with Gasteiger partial charge in [0.1, 0.15) is 0 Å². The largest absolute Gasteiger partial charge is 0.376 e. The molecule has 0 spiro atoms. The fraction of sp³-hybridized carbons (Fsp3) is 1.00. The minimum atomic E-state index is -0.173. The number of nitrogens with one attached hydrogen (secondary N) is 2. The first-order valence-corrected chi connectivity index (χ1v) is 15.2. The molecule has 0 atom stereocenters. The summed E-state index contributed by atoms with van der Waals surface area (Å²) in [7, 11) is 0. The zero-order valence-corrected chi connectivity index (χ0v) is 27.2. The lowest BCUT2D eigenvalue weighted by atomic mass is 9.98. The molecule has 0 aromatic carbocycles. The van der Waals surface area contributed by atoms with Gasteiger partial charge in [-0.25, -0.2) is 0 Å². The summed E-state index contributed by atoms with van der Waals surface area (Å²) in [5, 5.41) is 7.19. The quantitative estimate of drug-likeness (QED) is 0.130. The van der Waals surface area contributed by atoms with Crippen molar-refractivity contribution in [1.29, 1.82) is 0 Å². The molecule has 0 bridgehead atoms. The molecule has 8 nitrogen and oxygen atoms in total. The molecule has 0 aliphatic heterocycles. The second kappa shape index (κ2) is 18.9. The van der Waals surface area contributed by atoms with E-state index >= 15 is 0 Å². The van der Waals surface area contributed by atoms with Crippen LogP contribution in [-0.4, -0.2) is 111 Å². The summed E-state index contributed by atoms with van der Waals surface area (Å²) in [6.45, 7) is 32.9. The van der Waals surface area contributed by atoms with Crippen LogP contribution in [0.3, 0.4) is 0 Å². The van der Waals surface area contributed by atoms with E-state index in [2.05, 4.69) is 89.7 Å². The van der Waals surface area contributed by atoms with Crippen LogP contribution in [0, 0.1) is 0 Å². The summed E-state index contributed by atoms with van der Waals surface area (Å²) >= 11 is 0. The maximum atomic E-state index is 6.12. The molecule has 0 fully saturated rings. The zero-order valence-electron chi connectivity index (χ0n) is 27.2. The number of nitrogens with two attached hydrogens (primary N) is 2. The van der Waals surface area contributed by atoms with E-state index in [0.717, 1.165) is 91.2 Å². The van der Waals surface area contributed by atoms with Crippen LogP contribution in [0.15, 0.2) is 0 Å². The summed E-state index contributed by atoms with van der Waals surface area (Å²) in [5.74, 6) is 0. The van der Waals surface area contributed by atoms with Crippen molar-refractivity contribution in [3.05, 3.63) is 0 Å². The van der Waals surface area contributed by atoms with Crippen molar-refractivity contribution in [3.63, 3.8) is 0 Å². The SMILES string of the molecule is CCN(CCNCCNCCN(CCN)C(C)(C)CCOC(C)(C)CC)CCC(C)(C)OCCC(C)(C)N. The van der Waals surface area contributed by atoms with Crippen LogP contribution in [0.4, 0.5) is 0 Å². The third kappa shape index (κ3) is 19.7. The maximum Gasteiger partial charge on any atom is 0.0638 e. The molecule has 6 N–H and O–H groups in total. The zero-order chi connectivity index (χ0) is 29.3. The molecule has 8 heteroatoms. The van der Waals surface area contributed by atoms with E-state index in [9.17, 15) is 0 Å². The highest BCUT2D eigenvalue weighted by atomic mass is 16.5. The topological polar surface area (TPSA) is 101 Å². The fourth-order valence-corrected chi connectivity index (χ4v) is 4.11. The highest BCUT2D eigenvalue weighted by Crippen LogP contribution is 2.21. The molecule has 0 heterocycles. The molecule has 0 unspecified atom stereocenters. The lowest BCUT2D eigenvalue weighted by Gasteiger charge is -2.39. The van der Waals surface area contributed by atoms with Gasteiger partial charge in [-0.1, -0.05) is 13.8 Å². The summed E-state index contributed by atoms with van der Waals surface area (Å²) in [6.07, 6.45) is 3.92. The number of nitrogens with zero attached hydrogens (tertiary/aromatic N) is 2. The van der Waals surface area contributed by atoms with E-state index in [1.807, 2.05) is 0 Å². The van der Waals surface area contributed by atoms with Crippen molar-refractivity contribution in [3.8, 4) is 0 Å². The minimum absolute atomic E-state index is 0.0510. The van der Waals surface area contributed by atoms with E-state index < -0.39 is 0 Å². The number of hydrogen-bond acceptors (Lipinski definition) is 8. The van der Waals surface area contributed by atoms with Gasteiger partial charge in [0, 0.05) is 83.2 Å². The second-order valence-electron chi connectivity index (χ2n) is 13.3. The normalized spacial score (nSPS) is 13.7. The van der Waals surface area contributed by atoms with Crippen molar-refractivity contribution in [1.82, 2.24) is 20.4 Å². The minimum Gasteiger partial charge on any atom is -0.376 e. The number of ether oxygens (including phenoxy) is 2. The predicted octanol–water partition coefficient (Wildman–Crippen LogP) is 3.43.